The maximum atomic E-state index is 9.28. The van der Waals surface area contributed by atoms with Crippen molar-refractivity contribution < 1.29 is 9.47 Å². The summed E-state index contributed by atoms with van der Waals surface area (Å²) < 4.78 is 11.4. The van der Waals surface area contributed by atoms with Crippen LogP contribution in [0.3, 0.4) is 0 Å². The molecule has 0 unspecified atom stereocenters. The first-order valence-corrected chi connectivity index (χ1v) is 6.71. The highest BCUT2D eigenvalue weighted by atomic mass is 16.5. The highest BCUT2D eigenvalue weighted by molar-refractivity contribution is 5.89. The first-order chi connectivity index (χ1) is 9.76. The summed E-state index contributed by atoms with van der Waals surface area (Å²) >= 11 is 0. The lowest BCUT2D eigenvalue weighted by atomic mass is 9.87. The van der Waals surface area contributed by atoms with Crippen LogP contribution in [0.1, 0.15) is 30.0 Å². The molecule has 0 amide bonds. The molecule has 1 aromatic carbocycles. The molecule has 1 aliphatic heterocycles. The average Bonchev–Trinajstić information content (AvgIpc) is 2.49. The van der Waals surface area contributed by atoms with Gasteiger partial charge in [-0.3, -0.25) is 0 Å². The molecule has 0 bridgehead atoms. The topological polar surface area (TPSA) is 42.2 Å². The Kier molecular flexibility index (Phi) is 3.08. The van der Waals surface area contributed by atoms with Gasteiger partial charge in [0.25, 0.3) is 0 Å². The molecule has 100 valence electrons. The fourth-order valence-corrected chi connectivity index (χ4v) is 2.67. The third-order valence-electron chi connectivity index (χ3n) is 3.54. The van der Waals surface area contributed by atoms with Gasteiger partial charge in [0.05, 0.1) is 18.4 Å². The van der Waals surface area contributed by atoms with Crippen LogP contribution < -0.4 is 9.47 Å². The third-order valence-corrected chi connectivity index (χ3v) is 3.54. The zero-order chi connectivity index (χ0) is 14.1. The Hall–Kier alpha value is -2.47. The molecule has 3 rings (SSSR count). The lowest BCUT2D eigenvalue weighted by molar-refractivity contribution is 0.336. The predicted molar refractivity (Wildman–Crippen MR) is 77.5 cm³/mol. The number of nitriles is 1. The summed E-state index contributed by atoms with van der Waals surface area (Å²) in [6.45, 7) is 4.44. The fraction of sp³-hybridized carbons (Fsp3) is 0.235. The summed E-state index contributed by atoms with van der Waals surface area (Å²) in [5, 5.41) is 9.28. The lowest BCUT2D eigenvalue weighted by Crippen LogP contribution is -2.08. The zero-order valence-electron chi connectivity index (χ0n) is 11.6. The number of rotatable bonds is 2. The highest BCUT2D eigenvalue weighted by Crippen LogP contribution is 2.44. The molecule has 3 nitrogen and oxygen atoms in total. The quantitative estimate of drug-likeness (QED) is 0.814. The van der Waals surface area contributed by atoms with E-state index in [-0.39, 0.29) is 0 Å². The largest absolute Gasteiger partial charge is 0.492 e. The van der Waals surface area contributed by atoms with E-state index in [2.05, 4.69) is 24.3 Å². The van der Waals surface area contributed by atoms with E-state index in [0.29, 0.717) is 17.9 Å². The second kappa shape index (κ2) is 4.90. The van der Waals surface area contributed by atoms with Crippen LogP contribution in [0.15, 0.2) is 36.1 Å². The van der Waals surface area contributed by atoms with E-state index in [1.807, 2.05) is 13.8 Å². The summed E-state index contributed by atoms with van der Waals surface area (Å²) in [7, 11) is 0. The van der Waals surface area contributed by atoms with Crippen molar-refractivity contribution in [3.05, 3.63) is 52.8 Å². The molecular weight excluding hydrogens is 250 g/mol. The van der Waals surface area contributed by atoms with Crippen molar-refractivity contribution >= 4 is 5.57 Å². The molecule has 0 saturated heterocycles. The van der Waals surface area contributed by atoms with Crippen molar-refractivity contribution in [3.63, 3.8) is 0 Å². The van der Waals surface area contributed by atoms with E-state index in [4.69, 9.17) is 9.47 Å². The van der Waals surface area contributed by atoms with Gasteiger partial charge in [-0.2, -0.15) is 5.26 Å². The van der Waals surface area contributed by atoms with Crippen molar-refractivity contribution in [2.24, 2.45) is 0 Å². The summed E-state index contributed by atoms with van der Waals surface area (Å²) in [6.07, 6.45) is 9.00. The molecule has 20 heavy (non-hydrogen) atoms. The smallest absolute Gasteiger partial charge is 0.140 e. The number of ether oxygens (including phenoxy) is 2. The number of hydrogen-bond donors (Lipinski definition) is 0. The van der Waals surface area contributed by atoms with Gasteiger partial charge >= 0.3 is 0 Å². The SMILES string of the molecule is CCOc1c(C#N)cc2c(c1C)C1=CCC=CC1=CO2. The van der Waals surface area contributed by atoms with Gasteiger partial charge in [-0.1, -0.05) is 18.2 Å². The van der Waals surface area contributed by atoms with E-state index in [9.17, 15) is 5.26 Å². The number of fused-ring (bicyclic) bond motifs is 3. The van der Waals surface area contributed by atoms with Gasteiger partial charge in [-0.25, -0.2) is 0 Å². The maximum Gasteiger partial charge on any atom is 0.140 e. The summed E-state index contributed by atoms with van der Waals surface area (Å²) in [5.41, 5.74) is 4.75. The van der Waals surface area contributed by atoms with Gasteiger partial charge < -0.3 is 9.47 Å². The Balaban J connectivity index is 2.23. The molecule has 1 aromatic rings. The Labute approximate surface area is 118 Å². The molecule has 1 aliphatic carbocycles. The molecule has 0 fully saturated rings. The Morgan fingerprint density at radius 1 is 1.45 bits per heavy atom. The predicted octanol–water partition coefficient (Wildman–Crippen LogP) is 3.89. The van der Waals surface area contributed by atoms with Gasteiger partial charge in [0, 0.05) is 22.8 Å². The van der Waals surface area contributed by atoms with Crippen LogP contribution in [0, 0.1) is 18.3 Å². The first kappa shape index (κ1) is 12.6. The van der Waals surface area contributed by atoms with E-state index in [0.717, 1.165) is 34.4 Å². The number of hydrogen-bond acceptors (Lipinski definition) is 3. The minimum atomic E-state index is 0.520. The van der Waals surface area contributed by atoms with Crippen molar-refractivity contribution in [2.45, 2.75) is 20.3 Å². The van der Waals surface area contributed by atoms with Crippen LogP contribution >= 0.6 is 0 Å². The highest BCUT2D eigenvalue weighted by Gasteiger charge is 2.25. The van der Waals surface area contributed by atoms with E-state index >= 15 is 0 Å². The third kappa shape index (κ3) is 1.81. The van der Waals surface area contributed by atoms with Crippen LogP contribution in [0.5, 0.6) is 11.5 Å². The van der Waals surface area contributed by atoms with Crippen LogP contribution in [0.25, 0.3) is 5.57 Å². The molecule has 0 radical (unpaired) electrons. The zero-order valence-corrected chi connectivity index (χ0v) is 11.6. The van der Waals surface area contributed by atoms with Crippen LogP contribution in [0.2, 0.25) is 0 Å². The molecular formula is C17H15NO2. The second-order valence-corrected chi connectivity index (χ2v) is 4.74. The number of benzene rings is 1. The molecule has 0 N–H and O–H groups in total. The number of nitrogens with zero attached hydrogens (tertiary/aromatic N) is 1. The van der Waals surface area contributed by atoms with Gasteiger partial charge in [0.1, 0.15) is 17.6 Å². The molecule has 0 saturated carbocycles. The molecule has 2 aliphatic rings. The van der Waals surface area contributed by atoms with E-state index in [1.54, 1.807) is 12.3 Å². The van der Waals surface area contributed by atoms with E-state index in [1.165, 1.54) is 0 Å². The standard InChI is InChI=1S/C17H15NO2/c1-3-19-17-11(2)16-14-7-5-4-6-12(14)10-20-15(16)8-13(17)9-18/h4,6-8,10H,3,5H2,1-2H3. The first-order valence-electron chi connectivity index (χ1n) is 6.71. The Bertz CT molecular complexity index is 703. The fourth-order valence-electron chi connectivity index (χ4n) is 2.67. The number of allylic oxidation sites excluding steroid dienone is 5. The minimum absolute atomic E-state index is 0.520. The van der Waals surface area contributed by atoms with Gasteiger partial charge in [0.2, 0.25) is 0 Å². The van der Waals surface area contributed by atoms with Crippen molar-refractivity contribution in [1.82, 2.24) is 0 Å². The summed E-state index contributed by atoms with van der Waals surface area (Å²) in [4.78, 5) is 0. The molecule has 0 spiro atoms. The molecule has 0 atom stereocenters. The summed E-state index contributed by atoms with van der Waals surface area (Å²) in [5.74, 6) is 1.39. The van der Waals surface area contributed by atoms with Crippen molar-refractivity contribution in [3.8, 4) is 17.6 Å². The normalized spacial score (nSPS) is 15.2. The molecule has 0 aromatic heterocycles. The van der Waals surface area contributed by atoms with Crippen LogP contribution in [-0.4, -0.2) is 6.61 Å². The van der Waals surface area contributed by atoms with Crippen molar-refractivity contribution in [2.75, 3.05) is 6.61 Å². The Morgan fingerprint density at radius 2 is 2.30 bits per heavy atom. The van der Waals surface area contributed by atoms with Crippen molar-refractivity contribution in [1.29, 1.82) is 5.26 Å². The summed E-state index contributed by atoms with van der Waals surface area (Å²) in [6, 6.07) is 3.95. The Morgan fingerprint density at radius 3 is 3.05 bits per heavy atom. The molecule has 3 heteroatoms. The minimum Gasteiger partial charge on any atom is -0.492 e. The van der Waals surface area contributed by atoms with Gasteiger partial charge in [0.15, 0.2) is 0 Å². The van der Waals surface area contributed by atoms with E-state index < -0.39 is 0 Å². The second-order valence-electron chi connectivity index (χ2n) is 4.74. The van der Waals surface area contributed by atoms with Gasteiger partial charge in [-0.15, -0.1) is 0 Å². The van der Waals surface area contributed by atoms with Crippen LogP contribution in [0.4, 0.5) is 0 Å². The average molecular weight is 265 g/mol. The maximum absolute atomic E-state index is 9.28. The van der Waals surface area contributed by atoms with Gasteiger partial charge in [-0.05, 0) is 25.8 Å². The lowest BCUT2D eigenvalue weighted by Gasteiger charge is -2.24. The monoisotopic (exact) mass is 265 g/mol. The van der Waals surface area contributed by atoms with Crippen LogP contribution in [-0.2, 0) is 0 Å². The molecule has 1 heterocycles.